The molecule has 5 nitrogen and oxygen atoms in total. The van der Waals surface area contributed by atoms with Crippen molar-refractivity contribution in [2.45, 2.75) is 13.0 Å². The molecule has 0 aliphatic rings. The van der Waals surface area contributed by atoms with Gasteiger partial charge < -0.3 is 10.4 Å². The molecular weight excluding hydrogens is 268 g/mol. The Morgan fingerprint density at radius 3 is 2.53 bits per heavy atom. The van der Waals surface area contributed by atoms with E-state index >= 15 is 0 Å². The molecule has 2 amide bonds. The van der Waals surface area contributed by atoms with Crippen LogP contribution in [0.1, 0.15) is 6.92 Å². The summed E-state index contributed by atoms with van der Waals surface area (Å²) in [6.07, 6.45) is 1.55. The van der Waals surface area contributed by atoms with Gasteiger partial charge in [0, 0.05) is 16.8 Å². The van der Waals surface area contributed by atoms with Crippen LogP contribution in [-0.2, 0) is 4.79 Å². The zero-order chi connectivity index (χ0) is 14.4. The van der Waals surface area contributed by atoms with Crippen LogP contribution in [0.2, 0.25) is 5.02 Å². The van der Waals surface area contributed by atoms with Gasteiger partial charge in [0.2, 0.25) is 0 Å². The third kappa shape index (κ3) is 4.63. The van der Waals surface area contributed by atoms with Gasteiger partial charge in [-0.1, -0.05) is 17.7 Å². The number of nitrogens with one attached hydrogen (secondary N) is 1. The maximum Gasteiger partial charge on any atom is 0.323 e. The first-order chi connectivity index (χ1) is 8.93. The molecule has 0 spiro atoms. The minimum absolute atomic E-state index is 0.254. The summed E-state index contributed by atoms with van der Waals surface area (Å²) in [5, 5.41) is 12.0. The normalized spacial score (nSPS) is 11.5. The first-order valence-electron chi connectivity index (χ1n) is 5.62. The first kappa shape index (κ1) is 15.0. The molecule has 0 bridgehead atoms. The summed E-state index contributed by atoms with van der Waals surface area (Å²) in [5.74, 6) is -1.10. The summed E-state index contributed by atoms with van der Waals surface area (Å²) in [7, 11) is 0. The van der Waals surface area contributed by atoms with E-state index in [1.54, 1.807) is 37.3 Å². The number of carbonyl (C=O) groups is 2. The number of carboxylic acids is 1. The molecule has 0 heterocycles. The topological polar surface area (TPSA) is 69.6 Å². The number of nitrogens with zero attached hydrogens (tertiary/aromatic N) is 1. The molecule has 0 aliphatic carbocycles. The van der Waals surface area contributed by atoms with Gasteiger partial charge in [0.15, 0.2) is 0 Å². The van der Waals surface area contributed by atoms with E-state index in [4.69, 9.17) is 16.7 Å². The fourth-order valence-electron chi connectivity index (χ4n) is 1.37. The molecule has 1 aromatic carbocycles. The Kier molecular flexibility index (Phi) is 5.38. The number of aliphatic carboxylic acids is 1. The second-order valence-corrected chi connectivity index (χ2v) is 4.37. The predicted octanol–water partition coefficient (Wildman–Crippen LogP) is 2.52. The van der Waals surface area contributed by atoms with Crippen molar-refractivity contribution >= 4 is 29.3 Å². The van der Waals surface area contributed by atoms with Crippen molar-refractivity contribution in [1.29, 1.82) is 0 Å². The molecule has 1 aromatic rings. The lowest BCUT2D eigenvalue weighted by atomic mass is 10.3. The number of rotatable bonds is 5. The minimum atomic E-state index is -1.10. The van der Waals surface area contributed by atoms with E-state index in [-0.39, 0.29) is 6.04 Å². The fraction of sp³-hybridized carbons (Fsp3) is 0.231. The fourth-order valence-corrected chi connectivity index (χ4v) is 1.49. The van der Waals surface area contributed by atoms with E-state index in [0.717, 1.165) is 4.90 Å². The maximum absolute atomic E-state index is 12.0. The summed E-state index contributed by atoms with van der Waals surface area (Å²) in [4.78, 5) is 24.0. The van der Waals surface area contributed by atoms with Crippen LogP contribution in [0.3, 0.4) is 0 Å². The molecule has 0 fully saturated rings. The van der Waals surface area contributed by atoms with Gasteiger partial charge in [0.1, 0.15) is 6.54 Å². The van der Waals surface area contributed by atoms with E-state index in [0.29, 0.717) is 10.7 Å². The first-order valence-corrected chi connectivity index (χ1v) is 5.99. The molecule has 102 valence electrons. The van der Waals surface area contributed by atoms with Crippen molar-refractivity contribution in [3.63, 3.8) is 0 Å². The quantitative estimate of drug-likeness (QED) is 0.815. The van der Waals surface area contributed by atoms with Crippen LogP contribution in [0.4, 0.5) is 10.5 Å². The van der Waals surface area contributed by atoms with Crippen LogP contribution in [0, 0.1) is 0 Å². The van der Waals surface area contributed by atoms with E-state index in [1.807, 2.05) is 0 Å². The smallest absolute Gasteiger partial charge is 0.323 e. The zero-order valence-electron chi connectivity index (χ0n) is 10.5. The molecule has 19 heavy (non-hydrogen) atoms. The summed E-state index contributed by atoms with van der Waals surface area (Å²) < 4.78 is 0. The van der Waals surface area contributed by atoms with Crippen LogP contribution >= 0.6 is 11.6 Å². The molecule has 0 aliphatic heterocycles. The molecule has 0 aromatic heterocycles. The Morgan fingerprint density at radius 2 is 2.05 bits per heavy atom. The molecular formula is C13H15ClN2O3. The van der Waals surface area contributed by atoms with Crippen LogP contribution in [0.15, 0.2) is 36.9 Å². The molecule has 0 saturated carbocycles. The summed E-state index contributed by atoms with van der Waals surface area (Å²) >= 11 is 5.76. The number of amides is 2. The SMILES string of the molecule is C=CC(C)NC(=O)N(CC(=O)O)c1ccc(Cl)cc1. The number of carboxylic acid groups (broad SMARTS) is 1. The van der Waals surface area contributed by atoms with Gasteiger partial charge in [-0.05, 0) is 31.2 Å². The highest BCUT2D eigenvalue weighted by atomic mass is 35.5. The highest BCUT2D eigenvalue weighted by Gasteiger charge is 2.19. The number of carbonyl (C=O) groups excluding carboxylic acids is 1. The Bertz CT molecular complexity index is 473. The van der Waals surface area contributed by atoms with E-state index in [1.165, 1.54) is 0 Å². The molecule has 1 atom stereocenters. The lowest BCUT2D eigenvalue weighted by molar-refractivity contribution is -0.135. The van der Waals surface area contributed by atoms with E-state index in [9.17, 15) is 9.59 Å². The van der Waals surface area contributed by atoms with Crippen LogP contribution in [-0.4, -0.2) is 29.7 Å². The number of halogens is 1. The van der Waals surface area contributed by atoms with Crippen molar-refractivity contribution < 1.29 is 14.7 Å². The minimum Gasteiger partial charge on any atom is -0.480 e. The van der Waals surface area contributed by atoms with Crippen LogP contribution < -0.4 is 10.2 Å². The van der Waals surface area contributed by atoms with Gasteiger partial charge in [-0.3, -0.25) is 9.69 Å². The van der Waals surface area contributed by atoms with Gasteiger partial charge in [0.05, 0.1) is 0 Å². The van der Waals surface area contributed by atoms with Crippen molar-refractivity contribution in [2.24, 2.45) is 0 Å². The zero-order valence-corrected chi connectivity index (χ0v) is 11.2. The second kappa shape index (κ2) is 6.80. The van der Waals surface area contributed by atoms with Gasteiger partial charge in [0.25, 0.3) is 0 Å². The van der Waals surface area contributed by atoms with Crippen molar-refractivity contribution in [2.75, 3.05) is 11.4 Å². The van der Waals surface area contributed by atoms with Crippen molar-refractivity contribution in [3.05, 3.63) is 41.9 Å². The summed E-state index contributed by atoms with van der Waals surface area (Å²) in [6, 6.07) is 5.60. The van der Waals surface area contributed by atoms with Gasteiger partial charge in [-0.2, -0.15) is 0 Å². The van der Waals surface area contributed by atoms with E-state index in [2.05, 4.69) is 11.9 Å². The maximum atomic E-state index is 12.0. The molecule has 1 unspecified atom stereocenters. The monoisotopic (exact) mass is 282 g/mol. The molecule has 0 saturated heterocycles. The van der Waals surface area contributed by atoms with Crippen molar-refractivity contribution in [3.8, 4) is 0 Å². The molecule has 1 rings (SSSR count). The highest BCUT2D eigenvalue weighted by molar-refractivity contribution is 6.30. The van der Waals surface area contributed by atoms with Crippen molar-refractivity contribution in [1.82, 2.24) is 5.32 Å². The molecule has 2 N–H and O–H groups in total. The standard InChI is InChI=1S/C13H15ClN2O3/c1-3-9(2)15-13(19)16(8-12(17)18)11-6-4-10(14)5-7-11/h3-7,9H,1,8H2,2H3,(H,15,19)(H,17,18). The Hall–Kier alpha value is -2.01. The van der Waals surface area contributed by atoms with Crippen LogP contribution in [0.5, 0.6) is 0 Å². The average Bonchev–Trinajstić information content (AvgIpc) is 2.36. The Labute approximate surface area is 116 Å². The number of benzene rings is 1. The molecule has 0 radical (unpaired) electrons. The van der Waals surface area contributed by atoms with Gasteiger partial charge >= 0.3 is 12.0 Å². The van der Waals surface area contributed by atoms with Crippen LogP contribution in [0.25, 0.3) is 0 Å². The van der Waals surface area contributed by atoms with E-state index < -0.39 is 18.5 Å². The summed E-state index contributed by atoms with van der Waals surface area (Å²) in [5.41, 5.74) is 0.459. The number of anilines is 1. The Morgan fingerprint density at radius 1 is 1.47 bits per heavy atom. The number of hydrogen-bond acceptors (Lipinski definition) is 2. The Balaban J connectivity index is 2.93. The number of urea groups is 1. The lowest BCUT2D eigenvalue weighted by Crippen LogP contribution is -2.45. The summed E-state index contributed by atoms with van der Waals surface area (Å²) in [6.45, 7) is 4.86. The van der Waals surface area contributed by atoms with Gasteiger partial charge in [-0.25, -0.2) is 4.79 Å². The predicted molar refractivity (Wildman–Crippen MR) is 74.6 cm³/mol. The average molecular weight is 283 g/mol. The lowest BCUT2D eigenvalue weighted by Gasteiger charge is -2.22. The third-order valence-corrected chi connectivity index (χ3v) is 2.63. The number of hydrogen-bond donors (Lipinski definition) is 2. The second-order valence-electron chi connectivity index (χ2n) is 3.93. The highest BCUT2D eigenvalue weighted by Crippen LogP contribution is 2.18. The largest absolute Gasteiger partial charge is 0.480 e. The third-order valence-electron chi connectivity index (χ3n) is 2.38. The molecule has 6 heteroatoms. The van der Waals surface area contributed by atoms with Gasteiger partial charge in [-0.15, -0.1) is 6.58 Å².